The van der Waals surface area contributed by atoms with Crippen LogP contribution in [0, 0.1) is 0 Å². The fraction of sp³-hybridized carbons (Fsp3) is 0.231. The lowest BCUT2D eigenvalue weighted by Crippen LogP contribution is -2.28. The topological polar surface area (TPSA) is 55.4 Å². The first-order valence-electron chi connectivity index (χ1n) is 5.46. The van der Waals surface area contributed by atoms with Gasteiger partial charge in [0.05, 0.1) is 10.6 Å². The van der Waals surface area contributed by atoms with E-state index in [4.69, 9.17) is 16.3 Å². The van der Waals surface area contributed by atoms with E-state index in [9.17, 15) is 9.59 Å². The lowest BCUT2D eigenvalue weighted by atomic mass is 10.2. The van der Waals surface area contributed by atoms with E-state index < -0.39 is 5.97 Å². The molecule has 19 heavy (non-hydrogen) atoms. The molecule has 102 valence electrons. The first kappa shape index (κ1) is 15.6. The molecule has 1 aromatic rings. The van der Waals surface area contributed by atoms with E-state index in [1.54, 1.807) is 24.3 Å². The Balaban J connectivity index is 2.63. The maximum absolute atomic E-state index is 11.8. The van der Waals surface area contributed by atoms with Crippen LogP contribution in [0.4, 0.5) is 0 Å². The number of hydrogen-bond acceptors (Lipinski definition) is 4. The molecular weight excluding hydrogens is 286 g/mol. The van der Waals surface area contributed by atoms with Gasteiger partial charge in [0, 0.05) is 11.4 Å². The van der Waals surface area contributed by atoms with Gasteiger partial charge in [0.2, 0.25) is 0 Å². The van der Waals surface area contributed by atoms with Crippen LogP contribution in [0.5, 0.6) is 0 Å². The molecule has 0 aliphatic carbocycles. The van der Waals surface area contributed by atoms with Gasteiger partial charge in [-0.05, 0) is 24.5 Å². The van der Waals surface area contributed by atoms with Crippen LogP contribution in [0.15, 0.2) is 35.7 Å². The molecule has 6 heteroatoms. The summed E-state index contributed by atoms with van der Waals surface area (Å²) in [6, 6.07) is 5.07. The largest absolute Gasteiger partial charge is 0.452 e. The molecule has 0 saturated heterocycles. The van der Waals surface area contributed by atoms with Crippen molar-refractivity contribution < 1.29 is 14.3 Å². The summed E-state index contributed by atoms with van der Waals surface area (Å²) in [6.07, 6.45) is 3.43. The third kappa shape index (κ3) is 4.96. The molecule has 0 aromatic heterocycles. The van der Waals surface area contributed by atoms with E-state index in [2.05, 4.69) is 11.9 Å². The van der Waals surface area contributed by atoms with Crippen LogP contribution in [0.1, 0.15) is 10.4 Å². The highest BCUT2D eigenvalue weighted by atomic mass is 35.5. The Bertz CT molecular complexity index is 491. The Kier molecular flexibility index (Phi) is 6.45. The number of ether oxygens (including phenoxy) is 1. The molecule has 0 bridgehead atoms. The van der Waals surface area contributed by atoms with Crippen molar-refractivity contribution in [3.8, 4) is 0 Å². The molecule has 0 aliphatic rings. The highest BCUT2D eigenvalue weighted by molar-refractivity contribution is 7.98. The van der Waals surface area contributed by atoms with Crippen molar-refractivity contribution in [1.82, 2.24) is 5.32 Å². The Labute approximate surface area is 121 Å². The summed E-state index contributed by atoms with van der Waals surface area (Å²) >= 11 is 7.41. The van der Waals surface area contributed by atoms with Crippen molar-refractivity contribution >= 4 is 35.2 Å². The maximum Gasteiger partial charge on any atom is 0.340 e. The smallest absolute Gasteiger partial charge is 0.340 e. The van der Waals surface area contributed by atoms with E-state index in [0.29, 0.717) is 11.6 Å². The van der Waals surface area contributed by atoms with Crippen molar-refractivity contribution in [2.75, 3.05) is 19.4 Å². The summed E-state index contributed by atoms with van der Waals surface area (Å²) in [4.78, 5) is 24.0. The summed E-state index contributed by atoms with van der Waals surface area (Å²) in [5, 5.41) is 2.81. The van der Waals surface area contributed by atoms with Gasteiger partial charge in [0.15, 0.2) is 6.61 Å². The lowest BCUT2D eigenvalue weighted by molar-refractivity contribution is -0.124. The molecule has 1 aromatic carbocycles. The third-order valence-corrected chi connectivity index (χ3v) is 3.23. The quantitative estimate of drug-likeness (QED) is 0.498. The van der Waals surface area contributed by atoms with Crippen LogP contribution < -0.4 is 5.32 Å². The number of rotatable bonds is 6. The summed E-state index contributed by atoms with van der Waals surface area (Å²) in [6.45, 7) is 3.46. The first-order valence-corrected chi connectivity index (χ1v) is 7.07. The number of thioether (sulfide) groups is 1. The Morgan fingerprint density at radius 3 is 2.89 bits per heavy atom. The average molecular weight is 300 g/mol. The zero-order valence-electron chi connectivity index (χ0n) is 10.4. The number of amides is 1. The number of hydrogen-bond donors (Lipinski definition) is 1. The van der Waals surface area contributed by atoms with Gasteiger partial charge in [-0.3, -0.25) is 4.79 Å². The number of nitrogens with one attached hydrogen (secondary N) is 1. The van der Waals surface area contributed by atoms with E-state index >= 15 is 0 Å². The zero-order chi connectivity index (χ0) is 14.3. The van der Waals surface area contributed by atoms with Gasteiger partial charge in [0.1, 0.15) is 0 Å². The summed E-state index contributed by atoms with van der Waals surface area (Å²) < 4.78 is 4.89. The Hall–Kier alpha value is -1.46. The highest BCUT2D eigenvalue weighted by Crippen LogP contribution is 2.23. The number of carbonyl (C=O) groups excluding carboxylic acids is 2. The van der Waals surface area contributed by atoms with Gasteiger partial charge in [-0.2, -0.15) is 0 Å². The van der Waals surface area contributed by atoms with Crippen molar-refractivity contribution in [2.45, 2.75) is 4.90 Å². The second-order valence-corrected chi connectivity index (χ2v) is 4.80. The molecular formula is C13H14ClNO3S. The molecule has 0 aliphatic heterocycles. The molecule has 1 amide bonds. The van der Waals surface area contributed by atoms with Crippen LogP contribution in [0.3, 0.4) is 0 Å². The predicted molar refractivity (Wildman–Crippen MR) is 76.7 cm³/mol. The molecule has 1 rings (SSSR count). The second-order valence-electron chi connectivity index (χ2n) is 3.51. The second kappa shape index (κ2) is 7.86. The van der Waals surface area contributed by atoms with Gasteiger partial charge >= 0.3 is 5.97 Å². The standard InChI is InChI=1S/C13H14ClNO3S/c1-3-6-15-12(16)8-18-13(17)10-7-9(19-2)4-5-11(10)14/h3-5,7H,1,6,8H2,2H3,(H,15,16). The molecule has 4 nitrogen and oxygen atoms in total. The molecule has 0 unspecified atom stereocenters. The SMILES string of the molecule is C=CCNC(=O)COC(=O)c1cc(SC)ccc1Cl. The van der Waals surface area contributed by atoms with Crippen molar-refractivity contribution in [3.63, 3.8) is 0 Å². The molecule has 0 atom stereocenters. The molecule has 0 heterocycles. The van der Waals surface area contributed by atoms with E-state index in [-0.39, 0.29) is 18.1 Å². The minimum atomic E-state index is -0.616. The van der Waals surface area contributed by atoms with E-state index in [0.717, 1.165) is 4.90 Å². The fourth-order valence-corrected chi connectivity index (χ4v) is 1.87. The molecule has 0 saturated carbocycles. The average Bonchev–Trinajstić information content (AvgIpc) is 2.43. The van der Waals surface area contributed by atoms with Gasteiger partial charge in [-0.1, -0.05) is 17.7 Å². The maximum atomic E-state index is 11.8. The molecule has 1 N–H and O–H groups in total. The van der Waals surface area contributed by atoms with Gasteiger partial charge in [-0.25, -0.2) is 4.79 Å². The van der Waals surface area contributed by atoms with E-state index in [1.165, 1.54) is 11.8 Å². The zero-order valence-corrected chi connectivity index (χ0v) is 12.0. The number of halogens is 1. The van der Waals surface area contributed by atoms with Crippen molar-refractivity contribution in [2.24, 2.45) is 0 Å². The Morgan fingerprint density at radius 2 is 2.26 bits per heavy atom. The lowest BCUT2D eigenvalue weighted by Gasteiger charge is -2.07. The first-order chi connectivity index (χ1) is 9.08. The fourth-order valence-electron chi connectivity index (χ4n) is 1.23. The number of carbonyl (C=O) groups is 2. The van der Waals surface area contributed by atoms with Crippen LogP contribution in [-0.2, 0) is 9.53 Å². The monoisotopic (exact) mass is 299 g/mol. The van der Waals surface area contributed by atoms with Crippen molar-refractivity contribution in [3.05, 3.63) is 41.4 Å². The number of benzene rings is 1. The van der Waals surface area contributed by atoms with Crippen LogP contribution in [0.2, 0.25) is 5.02 Å². The van der Waals surface area contributed by atoms with Gasteiger partial charge < -0.3 is 10.1 Å². The molecule has 0 radical (unpaired) electrons. The van der Waals surface area contributed by atoms with Crippen molar-refractivity contribution in [1.29, 1.82) is 0 Å². The van der Waals surface area contributed by atoms with Crippen LogP contribution in [0.25, 0.3) is 0 Å². The minimum Gasteiger partial charge on any atom is -0.452 e. The van der Waals surface area contributed by atoms with Gasteiger partial charge in [0.25, 0.3) is 5.91 Å². The highest BCUT2D eigenvalue weighted by Gasteiger charge is 2.14. The summed E-state index contributed by atoms with van der Waals surface area (Å²) in [5.41, 5.74) is 0.255. The summed E-state index contributed by atoms with van der Waals surface area (Å²) in [5.74, 6) is -1.000. The molecule has 0 fully saturated rings. The third-order valence-electron chi connectivity index (χ3n) is 2.17. The normalized spacial score (nSPS) is 9.79. The Morgan fingerprint density at radius 1 is 1.53 bits per heavy atom. The van der Waals surface area contributed by atoms with E-state index in [1.807, 2.05) is 6.26 Å². The van der Waals surface area contributed by atoms with Crippen LogP contribution >= 0.6 is 23.4 Å². The van der Waals surface area contributed by atoms with Gasteiger partial charge in [-0.15, -0.1) is 18.3 Å². The number of esters is 1. The molecule has 0 spiro atoms. The van der Waals surface area contributed by atoms with Crippen LogP contribution in [-0.4, -0.2) is 31.3 Å². The minimum absolute atomic E-state index is 0.255. The predicted octanol–water partition coefficient (Wildman–Crippen LogP) is 2.52. The summed E-state index contributed by atoms with van der Waals surface area (Å²) in [7, 11) is 0.